The fourth-order valence-electron chi connectivity index (χ4n) is 6.98. The van der Waals surface area contributed by atoms with Gasteiger partial charge in [-0.1, -0.05) is 12.1 Å². The average Bonchev–Trinajstić information content (AvgIpc) is 3.27. The summed E-state index contributed by atoms with van der Waals surface area (Å²) in [5.41, 5.74) is 5.46. The second kappa shape index (κ2) is 12.1. The Hall–Kier alpha value is -4.15. The molecule has 44 heavy (non-hydrogen) atoms. The van der Waals surface area contributed by atoms with E-state index in [1.807, 2.05) is 31.2 Å². The Balaban J connectivity index is 1.39. The van der Waals surface area contributed by atoms with Gasteiger partial charge in [0.15, 0.2) is 0 Å². The molecule has 0 saturated carbocycles. The molecule has 2 aromatic carbocycles. The SMILES string of the molecule is CCN(c1cc(-c2ccc3c(c2)NC(=O)C32CCOCC2)cc(C(=O)NCc2c(O)cc(C)[nH]c2=O)c1C)C1CCOCC1. The highest BCUT2D eigenvalue weighted by Gasteiger charge is 2.47. The molecule has 6 rings (SSSR count). The standard InChI is InChI=1S/C34H40N4O6/c1-4-38(24-7-11-43-12-8-24)29-18-23(22-5-6-27-28(17-22)37-33(42)34(27)9-13-44-14-10-34)16-25(21(29)3)31(40)35-19-26-30(39)15-20(2)36-32(26)41/h5-6,15-18,24H,4,7-14,19H2,1-3H3,(H,35,40)(H,37,42)(H2,36,39,41). The number of amides is 2. The van der Waals surface area contributed by atoms with Gasteiger partial charge >= 0.3 is 0 Å². The number of aromatic nitrogens is 1. The number of aromatic amines is 1. The molecule has 2 fully saturated rings. The van der Waals surface area contributed by atoms with E-state index in [0.29, 0.717) is 50.5 Å². The van der Waals surface area contributed by atoms with Gasteiger partial charge < -0.3 is 35.1 Å². The number of hydrogen-bond donors (Lipinski definition) is 4. The third-order valence-electron chi connectivity index (χ3n) is 9.48. The molecular weight excluding hydrogens is 560 g/mol. The van der Waals surface area contributed by atoms with Gasteiger partial charge in [-0.15, -0.1) is 0 Å². The number of benzene rings is 2. The summed E-state index contributed by atoms with van der Waals surface area (Å²) in [6.45, 7) is 8.89. The molecule has 0 unspecified atom stereocenters. The van der Waals surface area contributed by atoms with Crippen molar-refractivity contribution in [2.45, 2.75) is 64.5 Å². The average molecular weight is 601 g/mol. The van der Waals surface area contributed by atoms with E-state index in [4.69, 9.17) is 9.47 Å². The number of hydrogen-bond acceptors (Lipinski definition) is 7. The molecule has 2 amide bonds. The third kappa shape index (κ3) is 5.37. The maximum Gasteiger partial charge on any atom is 0.256 e. The van der Waals surface area contributed by atoms with Gasteiger partial charge in [-0.3, -0.25) is 14.4 Å². The maximum atomic E-state index is 13.8. The quantitative estimate of drug-likeness (QED) is 0.318. The third-order valence-corrected chi connectivity index (χ3v) is 9.48. The Morgan fingerprint density at radius 1 is 1.02 bits per heavy atom. The van der Waals surface area contributed by atoms with E-state index in [2.05, 4.69) is 33.5 Å². The molecule has 10 nitrogen and oxygen atoms in total. The molecule has 10 heteroatoms. The number of fused-ring (bicyclic) bond motifs is 2. The molecule has 0 radical (unpaired) electrons. The number of anilines is 2. The molecule has 2 saturated heterocycles. The van der Waals surface area contributed by atoms with Crippen molar-refractivity contribution in [3.63, 3.8) is 0 Å². The van der Waals surface area contributed by atoms with Crippen LogP contribution in [-0.2, 0) is 26.2 Å². The molecule has 1 spiro atoms. The highest BCUT2D eigenvalue weighted by Crippen LogP contribution is 2.46. The number of ether oxygens (including phenoxy) is 2. The van der Waals surface area contributed by atoms with Crippen molar-refractivity contribution in [2.24, 2.45) is 0 Å². The van der Waals surface area contributed by atoms with Crippen molar-refractivity contribution in [2.75, 3.05) is 43.2 Å². The predicted octanol–water partition coefficient (Wildman–Crippen LogP) is 4.30. The molecule has 4 heterocycles. The number of carbonyl (C=O) groups is 2. The lowest BCUT2D eigenvalue weighted by Gasteiger charge is -2.37. The lowest BCUT2D eigenvalue weighted by Crippen LogP contribution is -2.40. The number of nitrogens with one attached hydrogen (secondary N) is 3. The maximum absolute atomic E-state index is 13.8. The van der Waals surface area contributed by atoms with Crippen LogP contribution in [0.25, 0.3) is 11.1 Å². The first-order valence-corrected chi connectivity index (χ1v) is 15.4. The van der Waals surface area contributed by atoms with Crippen LogP contribution < -0.4 is 21.1 Å². The molecule has 0 aliphatic carbocycles. The lowest BCUT2D eigenvalue weighted by molar-refractivity contribution is -0.124. The molecular formula is C34H40N4O6. The highest BCUT2D eigenvalue weighted by atomic mass is 16.5. The number of pyridine rings is 1. The van der Waals surface area contributed by atoms with Crippen LogP contribution >= 0.6 is 0 Å². The molecule has 4 N–H and O–H groups in total. The predicted molar refractivity (Wildman–Crippen MR) is 168 cm³/mol. The molecule has 232 valence electrons. The van der Waals surface area contributed by atoms with Gasteiger partial charge in [-0.05, 0) is 93.0 Å². The number of rotatable bonds is 7. The molecule has 1 aromatic heterocycles. The summed E-state index contributed by atoms with van der Waals surface area (Å²) in [4.78, 5) is 44.5. The van der Waals surface area contributed by atoms with Gasteiger partial charge in [0.1, 0.15) is 5.75 Å². The van der Waals surface area contributed by atoms with Crippen LogP contribution in [0.1, 0.15) is 65.3 Å². The number of H-pyrrole nitrogens is 1. The van der Waals surface area contributed by atoms with Crippen LogP contribution in [0, 0.1) is 13.8 Å². The number of aromatic hydroxyl groups is 1. The van der Waals surface area contributed by atoms with Crippen LogP contribution in [-0.4, -0.2) is 60.9 Å². The Labute approximate surface area is 256 Å². The molecule has 3 aliphatic rings. The highest BCUT2D eigenvalue weighted by molar-refractivity contribution is 6.07. The van der Waals surface area contributed by atoms with Crippen molar-refractivity contribution in [3.05, 3.63) is 74.7 Å². The minimum absolute atomic E-state index is 0.0173. The van der Waals surface area contributed by atoms with E-state index in [9.17, 15) is 19.5 Å². The Morgan fingerprint density at radius 3 is 2.45 bits per heavy atom. The molecule has 3 aromatic rings. The van der Waals surface area contributed by atoms with Crippen LogP contribution in [0.3, 0.4) is 0 Å². The summed E-state index contributed by atoms with van der Waals surface area (Å²) in [7, 11) is 0. The molecule has 0 bridgehead atoms. The molecule has 0 atom stereocenters. The van der Waals surface area contributed by atoms with E-state index in [1.165, 1.54) is 6.07 Å². The van der Waals surface area contributed by atoms with Gasteiger partial charge in [-0.2, -0.15) is 0 Å². The largest absolute Gasteiger partial charge is 0.507 e. The summed E-state index contributed by atoms with van der Waals surface area (Å²) in [5, 5.41) is 16.3. The number of nitrogens with zero attached hydrogens (tertiary/aromatic N) is 1. The van der Waals surface area contributed by atoms with Gasteiger partial charge in [0.05, 0.1) is 17.5 Å². The topological polar surface area (TPSA) is 133 Å². The Kier molecular flexibility index (Phi) is 8.22. The zero-order valence-corrected chi connectivity index (χ0v) is 25.5. The van der Waals surface area contributed by atoms with Crippen molar-refractivity contribution < 1.29 is 24.2 Å². The van der Waals surface area contributed by atoms with Gasteiger partial charge in [0.2, 0.25) is 5.91 Å². The van der Waals surface area contributed by atoms with Gasteiger partial charge in [0, 0.05) is 61.6 Å². The number of carbonyl (C=O) groups excluding carboxylic acids is 2. The van der Waals surface area contributed by atoms with Gasteiger partial charge in [-0.25, -0.2) is 0 Å². The fraction of sp³-hybridized carbons (Fsp3) is 0.441. The van der Waals surface area contributed by atoms with Crippen LogP contribution in [0.15, 0.2) is 41.2 Å². The van der Waals surface area contributed by atoms with Crippen molar-refractivity contribution >= 4 is 23.2 Å². The first-order chi connectivity index (χ1) is 21.2. The Bertz CT molecular complexity index is 1650. The van der Waals surface area contributed by atoms with E-state index >= 15 is 0 Å². The monoisotopic (exact) mass is 600 g/mol. The van der Waals surface area contributed by atoms with E-state index in [-0.39, 0.29) is 35.7 Å². The first-order valence-electron chi connectivity index (χ1n) is 15.4. The van der Waals surface area contributed by atoms with Gasteiger partial charge in [0.25, 0.3) is 11.5 Å². The second-order valence-electron chi connectivity index (χ2n) is 12.0. The van der Waals surface area contributed by atoms with E-state index < -0.39 is 11.0 Å². The minimum atomic E-state index is -0.558. The van der Waals surface area contributed by atoms with Crippen LogP contribution in [0.5, 0.6) is 5.75 Å². The summed E-state index contributed by atoms with van der Waals surface area (Å²) in [6.07, 6.45) is 3.09. The van der Waals surface area contributed by atoms with Crippen molar-refractivity contribution in [3.8, 4) is 16.9 Å². The first kappa shape index (κ1) is 29.9. The normalized spacial score (nSPS) is 17.8. The summed E-state index contributed by atoms with van der Waals surface area (Å²) in [6, 6.07) is 11.8. The smallest absolute Gasteiger partial charge is 0.256 e. The minimum Gasteiger partial charge on any atom is -0.507 e. The van der Waals surface area contributed by atoms with Crippen LogP contribution in [0.4, 0.5) is 11.4 Å². The van der Waals surface area contributed by atoms with E-state index in [1.54, 1.807) is 6.92 Å². The number of aryl methyl sites for hydroxylation is 1. The second-order valence-corrected chi connectivity index (χ2v) is 12.0. The summed E-state index contributed by atoms with van der Waals surface area (Å²) < 4.78 is 11.2. The van der Waals surface area contributed by atoms with Crippen LogP contribution in [0.2, 0.25) is 0 Å². The summed E-state index contributed by atoms with van der Waals surface area (Å²) in [5.74, 6) is -0.482. The lowest BCUT2D eigenvalue weighted by atomic mass is 9.75. The summed E-state index contributed by atoms with van der Waals surface area (Å²) >= 11 is 0. The fourth-order valence-corrected chi connectivity index (χ4v) is 6.98. The Morgan fingerprint density at radius 2 is 1.75 bits per heavy atom. The zero-order chi connectivity index (χ0) is 31.0. The van der Waals surface area contributed by atoms with Crippen molar-refractivity contribution in [1.82, 2.24) is 10.3 Å². The van der Waals surface area contributed by atoms with E-state index in [0.717, 1.165) is 53.0 Å². The van der Waals surface area contributed by atoms with Crippen molar-refractivity contribution in [1.29, 1.82) is 0 Å². The zero-order valence-electron chi connectivity index (χ0n) is 25.5. The molecule has 3 aliphatic heterocycles.